The molecule has 0 radical (unpaired) electrons. The highest BCUT2D eigenvalue weighted by Gasteiger charge is 2.38. The van der Waals surface area contributed by atoms with E-state index in [-0.39, 0.29) is 29.3 Å². The van der Waals surface area contributed by atoms with E-state index in [1.54, 1.807) is 30.7 Å². The molecule has 0 unspecified atom stereocenters. The monoisotopic (exact) mass is 556 g/mol. The van der Waals surface area contributed by atoms with Crippen LogP contribution in [0.3, 0.4) is 0 Å². The van der Waals surface area contributed by atoms with Gasteiger partial charge in [0.05, 0.1) is 33.5 Å². The summed E-state index contributed by atoms with van der Waals surface area (Å²) in [7, 11) is 0. The molecule has 206 valence electrons. The molecule has 2 amide bonds. The zero-order valence-electron chi connectivity index (χ0n) is 23.0. The molecule has 1 saturated carbocycles. The van der Waals surface area contributed by atoms with Gasteiger partial charge in [0.15, 0.2) is 0 Å². The van der Waals surface area contributed by atoms with Gasteiger partial charge in [0.2, 0.25) is 0 Å². The van der Waals surface area contributed by atoms with E-state index in [1.165, 1.54) is 0 Å². The molecule has 1 aliphatic carbocycles. The van der Waals surface area contributed by atoms with Crippen molar-refractivity contribution in [2.75, 3.05) is 13.1 Å². The lowest BCUT2D eigenvalue weighted by Crippen LogP contribution is -2.51. The van der Waals surface area contributed by atoms with Crippen LogP contribution in [0.1, 0.15) is 83.8 Å². The van der Waals surface area contributed by atoms with Crippen molar-refractivity contribution in [3.63, 3.8) is 0 Å². The summed E-state index contributed by atoms with van der Waals surface area (Å²) >= 11 is 6.45. The summed E-state index contributed by atoms with van der Waals surface area (Å²) in [5.41, 5.74) is 4.22. The first-order chi connectivity index (χ1) is 19.2. The zero-order chi connectivity index (χ0) is 28.0. The number of nitrogens with one attached hydrogen (secondary N) is 1. The van der Waals surface area contributed by atoms with Gasteiger partial charge in [-0.3, -0.25) is 24.2 Å². The predicted octanol–water partition coefficient (Wildman–Crippen LogP) is 5.54. The van der Waals surface area contributed by atoms with Gasteiger partial charge in [0.1, 0.15) is 5.52 Å². The number of hydrogen-bond acceptors (Lipinski definition) is 5. The second kappa shape index (κ2) is 10.3. The molecule has 8 nitrogen and oxygen atoms in total. The van der Waals surface area contributed by atoms with Gasteiger partial charge in [-0.15, -0.1) is 0 Å². The highest BCUT2D eigenvalue weighted by atomic mass is 35.5. The Balaban J connectivity index is 1.26. The van der Waals surface area contributed by atoms with Crippen molar-refractivity contribution in [1.29, 1.82) is 0 Å². The van der Waals surface area contributed by atoms with Gasteiger partial charge in [-0.1, -0.05) is 41.9 Å². The smallest absolute Gasteiger partial charge is 0.255 e. The van der Waals surface area contributed by atoms with Gasteiger partial charge in [0, 0.05) is 48.9 Å². The third kappa shape index (κ3) is 5.08. The van der Waals surface area contributed by atoms with E-state index in [4.69, 9.17) is 11.6 Å². The highest BCUT2D eigenvalue weighted by Crippen LogP contribution is 2.43. The molecule has 1 saturated heterocycles. The largest absolute Gasteiger partial charge is 0.348 e. The maximum absolute atomic E-state index is 13.7. The van der Waals surface area contributed by atoms with Crippen molar-refractivity contribution in [1.82, 2.24) is 30.0 Å². The topological polar surface area (TPSA) is 93.0 Å². The summed E-state index contributed by atoms with van der Waals surface area (Å²) in [6, 6.07) is 13.4. The van der Waals surface area contributed by atoms with Gasteiger partial charge in [-0.2, -0.15) is 5.10 Å². The lowest BCUT2D eigenvalue weighted by molar-refractivity contribution is 0.0671. The van der Waals surface area contributed by atoms with Gasteiger partial charge in [0.25, 0.3) is 11.8 Å². The number of carbonyl (C=O) groups is 2. The Kier molecular flexibility index (Phi) is 6.82. The van der Waals surface area contributed by atoms with Gasteiger partial charge in [-0.05, 0) is 57.7 Å². The number of amides is 2. The molecule has 0 spiro atoms. The number of hydrogen-bond donors (Lipinski definition) is 1. The molecule has 2 aliphatic rings. The van der Waals surface area contributed by atoms with Gasteiger partial charge < -0.3 is 10.2 Å². The van der Waals surface area contributed by atoms with Crippen LogP contribution >= 0.6 is 11.6 Å². The van der Waals surface area contributed by atoms with Gasteiger partial charge in [-0.25, -0.2) is 0 Å². The van der Waals surface area contributed by atoms with E-state index in [1.807, 2.05) is 27.8 Å². The van der Waals surface area contributed by atoms with Crippen molar-refractivity contribution in [3.05, 3.63) is 88.5 Å². The minimum Gasteiger partial charge on any atom is -0.348 e. The number of aromatic nitrogens is 4. The molecule has 40 heavy (non-hydrogen) atoms. The summed E-state index contributed by atoms with van der Waals surface area (Å²) in [4.78, 5) is 37.8. The lowest BCUT2D eigenvalue weighted by Gasteiger charge is -2.39. The Morgan fingerprint density at radius 2 is 1.77 bits per heavy atom. The molecule has 0 bridgehead atoms. The Labute approximate surface area is 238 Å². The third-order valence-electron chi connectivity index (χ3n) is 7.87. The molecule has 2 aromatic heterocycles. The van der Waals surface area contributed by atoms with Crippen LogP contribution in [-0.4, -0.2) is 55.6 Å². The fourth-order valence-electron chi connectivity index (χ4n) is 5.75. The van der Waals surface area contributed by atoms with E-state index in [0.29, 0.717) is 52.6 Å². The highest BCUT2D eigenvalue weighted by molar-refractivity contribution is 6.35. The van der Waals surface area contributed by atoms with Crippen molar-refractivity contribution in [3.8, 4) is 0 Å². The van der Waals surface area contributed by atoms with E-state index in [2.05, 4.69) is 53.3 Å². The van der Waals surface area contributed by atoms with Gasteiger partial charge >= 0.3 is 0 Å². The number of piperidine rings is 1. The number of carbonyl (C=O) groups excluding carboxylic acids is 2. The van der Waals surface area contributed by atoms with Crippen molar-refractivity contribution in [2.24, 2.45) is 0 Å². The minimum absolute atomic E-state index is 0.0689. The van der Waals surface area contributed by atoms with Crippen LogP contribution in [0.25, 0.3) is 11.0 Å². The average Bonchev–Trinajstić information content (AvgIpc) is 3.69. The Hall–Kier alpha value is -3.78. The SMILES string of the molecule is CC(C)(C)n1ncc(C(=O)N[C@@H]2CCN(C(=O)c3cc(Cl)c4nccnc4c3)C[C@@H]2c2ccccc2)c1C1CC1. The molecule has 2 fully saturated rings. The molecule has 9 heteroatoms. The first-order valence-electron chi connectivity index (χ1n) is 13.8. The molecule has 6 rings (SSSR count). The van der Waals surface area contributed by atoms with Crippen molar-refractivity contribution < 1.29 is 9.59 Å². The first kappa shape index (κ1) is 26.4. The number of rotatable bonds is 5. The molecule has 2 atom stereocenters. The fraction of sp³-hybridized carbons (Fsp3) is 0.387. The average molecular weight is 557 g/mol. The Bertz CT molecular complexity index is 1570. The normalized spacial score (nSPS) is 19.6. The third-order valence-corrected chi connectivity index (χ3v) is 8.16. The first-order valence-corrected chi connectivity index (χ1v) is 14.2. The Morgan fingerprint density at radius 1 is 1.02 bits per heavy atom. The Morgan fingerprint density at radius 3 is 2.50 bits per heavy atom. The van der Waals surface area contributed by atoms with Crippen LogP contribution in [0.5, 0.6) is 0 Å². The van der Waals surface area contributed by atoms with Crippen LogP contribution in [0, 0.1) is 0 Å². The van der Waals surface area contributed by atoms with Crippen LogP contribution in [0.2, 0.25) is 5.02 Å². The molecular formula is C31H33ClN6O2. The van der Waals surface area contributed by atoms with Crippen LogP contribution < -0.4 is 5.32 Å². The summed E-state index contributed by atoms with van der Waals surface area (Å²) in [6.07, 6.45) is 7.69. The van der Waals surface area contributed by atoms with E-state index >= 15 is 0 Å². The summed E-state index contributed by atoms with van der Waals surface area (Å²) in [5, 5.41) is 8.36. The molecule has 3 heterocycles. The second-order valence-corrected chi connectivity index (χ2v) is 12.2. The van der Waals surface area contributed by atoms with Crippen LogP contribution in [0.4, 0.5) is 0 Å². The standard InChI is InChI=1S/C31H33ClN6O2/c1-31(2,3)38-28(20-9-10-20)22(17-35-38)29(39)36-25-11-14-37(18-23(25)19-7-5-4-6-8-19)30(40)21-15-24(32)27-26(16-21)33-12-13-34-27/h4-8,12-13,15-17,20,23,25H,9-11,14,18H2,1-3H3,(H,36,39)/t23-,25-/m1/s1. The zero-order valence-corrected chi connectivity index (χ0v) is 23.7. The molecule has 4 aromatic rings. The van der Waals surface area contributed by atoms with Crippen molar-refractivity contribution >= 4 is 34.4 Å². The minimum atomic E-state index is -0.202. The number of halogens is 1. The van der Waals surface area contributed by atoms with E-state index < -0.39 is 0 Å². The maximum atomic E-state index is 13.7. The number of likely N-dealkylation sites (tertiary alicyclic amines) is 1. The summed E-state index contributed by atoms with van der Waals surface area (Å²) < 4.78 is 2.01. The number of nitrogens with zero attached hydrogens (tertiary/aromatic N) is 5. The molecule has 1 N–H and O–H groups in total. The lowest BCUT2D eigenvalue weighted by atomic mass is 9.85. The maximum Gasteiger partial charge on any atom is 0.255 e. The van der Waals surface area contributed by atoms with Crippen LogP contribution in [0.15, 0.2) is 61.1 Å². The van der Waals surface area contributed by atoms with Crippen molar-refractivity contribution in [2.45, 2.75) is 63.5 Å². The van der Waals surface area contributed by atoms with Crippen LogP contribution in [-0.2, 0) is 5.54 Å². The molecule has 1 aliphatic heterocycles. The second-order valence-electron chi connectivity index (χ2n) is 11.8. The summed E-state index contributed by atoms with van der Waals surface area (Å²) in [5.74, 6) is 0.108. The number of fused-ring (bicyclic) bond motifs is 1. The number of benzene rings is 2. The van der Waals surface area contributed by atoms with E-state index in [9.17, 15) is 9.59 Å². The molecular weight excluding hydrogens is 524 g/mol. The quantitative estimate of drug-likeness (QED) is 0.348. The fourth-order valence-corrected chi connectivity index (χ4v) is 6.01. The van der Waals surface area contributed by atoms with E-state index in [0.717, 1.165) is 24.1 Å². The predicted molar refractivity (Wildman–Crippen MR) is 155 cm³/mol. The molecule has 2 aromatic carbocycles. The summed E-state index contributed by atoms with van der Waals surface area (Å²) in [6.45, 7) is 7.32.